The molecule has 1 aromatic rings. The molecule has 0 heterocycles. The first kappa shape index (κ1) is 13.4. The van der Waals surface area contributed by atoms with E-state index in [1.54, 1.807) is 12.1 Å². The molecule has 0 aromatic heterocycles. The van der Waals surface area contributed by atoms with Crippen molar-refractivity contribution in [1.82, 2.24) is 5.32 Å². The second-order valence-electron chi connectivity index (χ2n) is 3.93. The topological polar surface area (TPSA) is 64.4 Å². The molecule has 94 valence electrons. The van der Waals surface area contributed by atoms with Crippen LogP contribution in [0.3, 0.4) is 0 Å². The smallest absolute Gasteiger partial charge is 0.310 e. The largest absolute Gasteiger partial charge is 0.484 e. The molecule has 5 nitrogen and oxygen atoms in total. The molecule has 0 aliphatic rings. The van der Waals surface area contributed by atoms with Gasteiger partial charge >= 0.3 is 5.69 Å². The zero-order valence-corrected chi connectivity index (χ0v) is 10.4. The first-order valence-corrected chi connectivity index (χ1v) is 5.67. The minimum absolute atomic E-state index is 0.0187. The summed E-state index contributed by atoms with van der Waals surface area (Å²) in [6.45, 7) is 4.54. The van der Waals surface area contributed by atoms with Crippen LogP contribution in [-0.4, -0.2) is 18.1 Å². The molecule has 0 saturated carbocycles. The number of benzene rings is 1. The van der Waals surface area contributed by atoms with Crippen LogP contribution >= 0.6 is 0 Å². The molecule has 5 heteroatoms. The molecule has 1 atom stereocenters. The molecule has 0 aliphatic heterocycles. The third kappa shape index (κ3) is 3.71. The van der Waals surface area contributed by atoms with E-state index in [0.717, 1.165) is 12.0 Å². The fraction of sp³-hybridized carbons (Fsp3) is 0.500. The van der Waals surface area contributed by atoms with Crippen molar-refractivity contribution in [3.63, 3.8) is 0 Å². The van der Waals surface area contributed by atoms with Crippen LogP contribution in [0.1, 0.15) is 25.8 Å². The van der Waals surface area contributed by atoms with Crippen LogP contribution < -0.4 is 10.1 Å². The second-order valence-corrected chi connectivity index (χ2v) is 3.93. The Morgan fingerprint density at radius 2 is 2.24 bits per heavy atom. The van der Waals surface area contributed by atoms with Gasteiger partial charge in [0.2, 0.25) is 0 Å². The van der Waals surface area contributed by atoms with Gasteiger partial charge in [-0.05, 0) is 32.0 Å². The summed E-state index contributed by atoms with van der Waals surface area (Å²) in [7, 11) is 1.83. The number of hydrogen-bond donors (Lipinski definition) is 1. The first-order valence-electron chi connectivity index (χ1n) is 5.67. The minimum atomic E-state index is -0.416. The maximum Gasteiger partial charge on any atom is 0.310 e. The molecule has 0 bridgehead atoms. The second kappa shape index (κ2) is 6.20. The Hall–Kier alpha value is -1.62. The van der Waals surface area contributed by atoms with E-state index in [1.807, 2.05) is 20.9 Å². The monoisotopic (exact) mass is 238 g/mol. The van der Waals surface area contributed by atoms with E-state index in [1.165, 1.54) is 6.07 Å². The van der Waals surface area contributed by atoms with Crippen molar-refractivity contribution in [3.8, 4) is 5.75 Å². The summed E-state index contributed by atoms with van der Waals surface area (Å²) < 4.78 is 5.57. The number of nitro benzene ring substituents is 1. The molecule has 0 amide bonds. The Kier molecular flexibility index (Phi) is 4.90. The third-order valence-corrected chi connectivity index (χ3v) is 2.50. The number of hydrogen-bond acceptors (Lipinski definition) is 4. The lowest BCUT2D eigenvalue weighted by atomic mass is 10.2. The lowest BCUT2D eigenvalue weighted by Crippen LogP contribution is -2.12. The van der Waals surface area contributed by atoms with Crippen molar-refractivity contribution < 1.29 is 9.66 Å². The van der Waals surface area contributed by atoms with Gasteiger partial charge < -0.3 is 10.1 Å². The highest BCUT2D eigenvalue weighted by atomic mass is 16.6. The molecule has 0 spiro atoms. The van der Waals surface area contributed by atoms with Crippen LogP contribution in [0.4, 0.5) is 5.69 Å². The van der Waals surface area contributed by atoms with E-state index in [-0.39, 0.29) is 11.8 Å². The van der Waals surface area contributed by atoms with Gasteiger partial charge in [-0.15, -0.1) is 0 Å². The van der Waals surface area contributed by atoms with E-state index in [2.05, 4.69) is 5.32 Å². The number of rotatable bonds is 6. The summed E-state index contributed by atoms with van der Waals surface area (Å²) in [5.41, 5.74) is 0.988. The highest BCUT2D eigenvalue weighted by molar-refractivity contribution is 5.48. The quantitative estimate of drug-likeness (QED) is 0.611. The molecule has 0 saturated heterocycles. The molecule has 17 heavy (non-hydrogen) atoms. The molecular weight excluding hydrogens is 220 g/mol. The maximum atomic E-state index is 10.9. The first-order chi connectivity index (χ1) is 8.08. The van der Waals surface area contributed by atoms with Crippen molar-refractivity contribution in [2.45, 2.75) is 32.9 Å². The maximum absolute atomic E-state index is 10.9. The van der Waals surface area contributed by atoms with Crippen LogP contribution in [0, 0.1) is 10.1 Å². The van der Waals surface area contributed by atoms with Crippen molar-refractivity contribution in [3.05, 3.63) is 33.9 Å². The van der Waals surface area contributed by atoms with E-state index >= 15 is 0 Å². The van der Waals surface area contributed by atoms with Crippen LogP contribution in [-0.2, 0) is 6.54 Å². The van der Waals surface area contributed by atoms with Crippen LogP contribution in [0.15, 0.2) is 18.2 Å². The number of nitrogens with zero attached hydrogens (tertiary/aromatic N) is 1. The SMILES string of the molecule is CCC(C)Oc1cc(CNC)ccc1[N+](=O)[O-]. The van der Waals surface area contributed by atoms with Crippen molar-refractivity contribution in [2.75, 3.05) is 7.05 Å². The fourth-order valence-corrected chi connectivity index (χ4v) is 1.42. The van der Waals surface area contributed by atoms with E-state index in [9.17, 15) is 10.1 Å². The average molecular weight is 238 g/mol. The Morgan fingerprint density at radius 3 is 2.76 bits per heavy atom. The molecule has 1 rings (SSSR count). The normalized spacial score (nSPS) is 12.2. The lowest BCUT2D eigenvalue weighted by molar-refractivity contribution is -0.386. The lowest BCUT2D eigenvalue weighted by Gasteiger charge is -2.13. The molecule has 0 radical (unpaired) electrons. The Balaban J connectivity index is 3.02. The van der Waals surface area contributed by atoms with Crippen molar-refractivity contribution in [2.24, 2.45) is 0 Å². The summed E-state index contributed by atoms with van der Waals surface area (Å²) in [6, 6.07) is 4.95. The summed E-state index contributed by atoms with van der Waals surface area (Å²) in [4.78, 5) is 10.5. The average Bonchev–Trinajstić information content (AvgIpc) is 2.29. The van der Waals surface area contributed by atoms with Gasteiger partial charge in [0.25, 0.3) is 0 Å². The Labute approximate surface area is 101 Å². The molecule has 1 unspecified atom stereocenters. The zero-order valence-electron chi connectivity index (χ0n) is 10.4. The van der Waals surface area contributed by atoms with Gasteiger partial charge in [-0.3, -0.25) is 10.1 Å². The van der Waals surface area contributed by atoms with Gasteiger partial charge in [0, 0.05) is 12.6 Å². The standard InChI is InChI=1S/C12H18N2O3/c1-4-9(2)17-12-7-10(8-13-3)5-6-11(12)14(15)16/h5-7,9,13H,4,8H2,1-3H3. The van der Waals surface area contributed by atoms with Crippen LogP contribution in [0.5, 0.6) is 5.75 Å². The minimum Gasteiger partial charge on any atom is -0.484 e. The number of ether oxygens (including phenoxy) is 1. The van der Waals surface area contributed by atoms with Gasteiger partial charge in [-0.2, -0.15) is 0 Å². The molecular formula is C12H18N2O3. The highest BCUT2D eigenvalue weighted by Crippen LogP contribution is 2.29. The summed E-state index contributed by atoms with van der Waals surface area (Å²) >= 11 is 0. The van der Waals surface area contributed by atoms with E-state index in [4.69, 9.17) is 4.74 Å². The number of nitro groups is 1. The summed E-state index contributed by atoms with van der Waals surface area (Å²) in [6.07, 6.45) is 0.784. The summed E-state index contributed by atoms with van der Waals surface area (Å²) in [5.74, 6) is 0.345. The van der Waals surface area contributed by atoms with Crippen molar-refractivity contribution in [1.29, 1.82) is 0 Å². The Bertz CT molecular complexity index is 393. The zero-order chi connectivity index (χ0) is 12.8. The van der Waals surface area contributed by atoms with Gasteiger partial charge in [0.15, 0.2) is 5.75 Å². The molecule has 1 aromatic carbocycles. The predicted octanol–water partition coefficient (Wildman–Crippen LogP) is 2.49. The van der Waals surface area contributed by atoms with Crippen molar-refractivity contribution >= 4 is 5.69 Å². The van der Waals surface area contributed by atoms with Gasteiger partial charge in [-0.1, -0.05) is 13.0 Å². The summed E-state index contributed by atoms with van der Waals surface area (Å²) in [5, 5.41) is 13.9. The Morgan fingerprint density at radius 1 is 1.53 bits per heavy atom. The highest BCUT2D eigenvalue weighted by Gasteiger charge is 2.17. The van der Waals surface area contributed by atoms with Gasteiger partial charge in [0.1, 0.15) is 0 Å². The molecule has 1 N–H and O–H groups in total. The van der Waals surface area contributed by atoms with Gasteiger partial charge in [0.05, 0.1) is 11.0 Å². The third-order valence-electron chi connectivity index (χ3n) is 2.50. The predicted molar refractivity (Wildman–Crippen MR) is 66.2 cm³/mol. The molecule has 0 fully saturated rings. The van der Waals surface area contributed by atoms with E-state index in [0.29, 0.717) is 12.3 Å². The fourth-order valence-electron chi connectivity index (χ4n) is 1.42. The van der Waals surface area contributed by atoms with Crippen LogP contribution in [0.25, 0.3) is 0 Å². The number of nitrogens with one attached hydrogen (secondary N) is 1. The van der Waals surface area contributed by atoms with E-state index < -0.39 is 4.92 Å². The van der Waals surface area contributed by atoms with Crippen LogP contribution in [0.2, 0.25) is 0 Å². The molecule has 0 aliphatic carbocycles. The van der Waals surface area contributed by atoms with Gasteiger partial charge in [-0.25, -0.2) is 0 Å².